The molecule has 0 radical (unpaired) electrons. The Morgan fingerprint density at radius 3 is 2.45 bits per heavy atom. The second kappa shape index (κ2) is 7.80. The number of aromatic nitrogens is 1. The number of rotatable bonds is 5. The first-order valence-corrected chi connectivity index (χ1v) is 9.50. The Bertz CT molecular complexity index is 1210. The van der Waals surface area contributed by atoms with Crippen molar-refractivity contribution in [2.45, 2.75) is 19.4 Å². The minimum Gasteiger partial charge on any atom is -0.481 e. The number of fused-ring (bicyclic) bond motifs is 2. The van der Waals surface area contributed by atoms with Gasteiger partial charge < -0.3 is 9.47 Å². The number of benzene rings is 3. The van der Waals surface area contributed by atoms with Gasteiger partial charge in [0.25, 0.3) is 5.91 Å². The monoisotopic (exact) mass is 387 g/mol. The normalized spacial score (nSPS) is 12.1. The largest absolute Gasteiger partial charge is 0.481 e. The van der Waals surface area contributed by atoms with E-state index in [1.165, 1.54) is 17.9 Å². The van der Waals surface area contributed by atoms with Gasteiger partial charge in [-0.15, -0.1) is 0 Å². The van der Waals surface area contributed by atoms with Gasteiger partial charge in [-0.2, -0.15) is 0 Å². The number of carbonyl (C=O) groups excluding carboxylic acids is 2. The molecule has 4 rings (SSSR count). The van der Waals surface area contributed by atoms with Crippen molar-refractivity contribution in [1.82, 2.24) is 4.57 Å². The SMILES string of the molecule is CC[C@H](Oc1ccc2ccccc2c1)C(=O)n1cc(C(=O)OC)c2ccccc21. The first-order valence-electron chi connectivity index (χ1n) is 9.50. The van der Waals surface area contributed by atoms with E-state index >= 15 is 0 Å². The predicted octanol–water partition coefficient (Wildman–Crippen LogP) is 5.08. The summed E-state index contributed by atoms with van der Waals surface area (Å²) in [6.45, 7) is 1.90. The molecule has 4 aromatic rings. The number of ether oxygens (including phenoxy) is 2. The van der Waals surface area contributed by atoms with E-state index in [-0.39, 0.29) is 5.91 Å². The van der Waals surface area contributed by atoms with Crippen LogP contribution < -0.4 is 4.74 Å². The van der Waals surface area contributed by atoms with E-state index in [2.05, 4.69) is 0 Å². The lowest BCUT2D eigenvalue weighted by molar-refractivity contribution is 0.0602. The summed E-state index contributed by atoms with van der Waals surface area (Å²) in [7, 11) is 1.33. The number of methoxy groups -OCH3 is 1. The molecule has 1 heterocycles. The molecular weight excluding hydrogens is 366 g/mol. The fourth-order valence-corrected chi connectivity index (χ4v) is 3.50. The van der Waals surface area contributed by atoms with Gasteiger partial charge in [0.15, 0.2) is 6.10 Å². The Hall–Kier alpha value is -3.60. The standard InChI is InChI=1S/C24H21NO4/c1-3-22(29-18-13-12-16-8-4-5-9-17(16)14-18)23(26)25-15-20(24(27)28-2)19-10-6-7-11-21(19)25/h4-15,22H,3H2,1-2H3/t22-/m0/s1. The number of hydrogen-bond acceptors (Lipinski definition) is 4. The highest BCUT2D eigenvalue weighted by atomic mass is 16.5. The van der Waals surface area contributed by atoms with Crippen LogP contribution in [-0.2, 0) is 4.74 Å². The molecule has 5 heteroatoms. The summed E-state index contributed by atoms with van der Waals surface area (Å²) in [5, 5.41) is 2.83. The maximum absolute atomic E-state index is 13.3. The highest BCUT2D eigenvalue weighted by Crippen LogP contribution is 2.25. The molecule has 1 aromatic heterocycles. The number of nitrogens with zero attached hydrogens (tertiary/aromatic N) is 1. The lowest BCUT2D eigenvalue weighted by atomic mass is 10.1. The van der Waals surface area contributed by atoms with Gasteiger partial charge in [0.1, 0.15) is 5.75 Å². The number of esters is 1. The fourth-order valence-electron chi connectivity index (χ4n) is 3.50. The zero-order valence-corrected chi connectivity index (χ0v) is 16.3. The Morgan fingerprint density at radius 1 is 0.966 bits per heavy atom. The van der Waals surface area contributed by atoms with Crippen LogP contribution in [-0.4, -0.2) is 29.7 Å². The molecule has 0 aliphatic carbocycles. The second-order valence-electron chi connectivity index (χ2n) is 6.78. The van der Waals surface area contributed by atoms with Crippen molar-refractivity contribution in [2.75, 3.05) is 7.11 Å². The van der Waals surface area contributed by atoms with Gasteiger partial charge in [0.05, 0.1) is 18.2 Å². The zero-order chi connectivity index (χ0) is 20.4. The van der Waals surface area contributed by atoms with Crippen LogP contribution in [0.3, 0.4) is 0 Å². The van der Waals surface area contributed by atoms with Crippen LogP contribution >= 0.6 is 0 Å². The van der Waals surface area contributed by atoms with Crippen molar-refractivity contribution in [2.24, 2.45) is 0 Å². The van der Waals surface area contributed by atoms with Crippen LogP contribution in [0.1, 0.15) is 28.5 Å². The lowest BCUT2D eigenvalue weighted by Gasteiger charge is -2.18. The molecule has 0 saturated heterocycles. The number of para-hydroxylation sites is 1. The zero-order valence-electron chi connectivity index (χ0n) is 16.3. The quantitative estimate of drug-likeness (QED) is 0.448. The van der Waals surface area contributed by atoms with Crippen molar-refractivity contribution in [1.29, 1.82) is 0 Å². The summed E-state index contributed by atoms with van der Waals surface area (Å²) in [6.07, 6.45) is 1.34. The van der Waals surface area contributed by atoms with Crippen molar-refractivity contribution in [3.05, 3.63) is 78.5 Å². The highest BCUT2D eigenvalue weighted by molar-refractivity contribution is 6.07. The Kier molecular flexibility index (Phi) is 5.04. The van der Waals surface area contributed by atoms with Crippen LogP contribution in [0.5, 0.6) is 5.75 Å². The lowest BCUT2D eigenvalue weighted by Crippen LogP contribution is -2.31. The molecule has 29 heavy (non-hydrogen) atoms. The molecule has 0 amide bonds. The Balaban J connectivity index is 1.69. The Labute approximate surface area is 168 Å². The molecular formula is C24H21NO4. The first kappa shape index (κ1) is 18.7. The van der Waals surface area contributed by atoms with Gasteiger partial charge in [0.2, 0.25) is 0 Å². The molecule has 146 valence electrons. The molecule has 0 saturated carbocycles. The maximum atomic E-state index is 13.3. The van der Waals surface area contributed by atoms with E-state index in [1.807, 2.05) is 67.6 Å². The van der Waals surface area contributed by atoms with Crippen molar-refractivity contribution in [3.8, 4) is 5.75 Å². The van der Waals surface area contributed by atoms with Crippen molar-refractivity contribution in [3.63, 3.8) is 0 Å². The average Bonchev–Trinajstić information content (AvgIpc) is 3.16. The third kappa shape index (κ3) is 3.47. The molecule has 0 aliphatic heterocycles. The minimum absolute atomic E-state index is 0.230. The van der Waals surface area contributed by atoms with Crippen LogP contribution in [0.4, 0.5) is 0 Å². The molecule has 1 atom stereocenters. The summed E-state index contributed by atoms with van der Waals surface area (Å²) < 4.78 is 12.4. The summed E-state index contributed by atoms with van der Waals surface area (Å²) in [5.41, 5.74) is 1.01. The molecule has 0 spiro atoms. The molecule has 0 aliphatic rings. The predicted molar refractivity (Wildman–Crippen MR) is 113 cm³/mol. The van der Waals surface area contributed by atoms with E-state index in [0.29, 0.717) is 28.6 Å². The highest BCUT2D eigenvalue weighted by Gasteiger charge is 2.25. The van der Waals surface area contributed by atoms with Crippen LogP contribution in [0.2, 0.25) is 0 Å². The first-order chi connectivity index (χ1) is 14.1. The smallest absolute Gasteiger partial charge is 0.340 e. The van der Waals surface area contributed by atoms with E-state index in [9.17, 15) is 9.59 Å². The van der Waals surface area contributed by atoms with Gasteiger partial charge >= 0.3 is 5.97 Å². The summed E-state index contributed by atoms with van der Waals surface area (Å²) in [4.78, 5) is 25.4. The van der Waals surface area contributed by atoms with E-state index in [4.69, 9.17) is 9.47 Å². The fraction of sp³-hybridized carbons (Fsp3) is 0.167. The Morgan fingerprint density at radius 2 is 1.69 bits per heavy atom. The van der Waals surface area contributed by atoms with Gasteiger partial charge in [0, 0.05) is 11.6 Å². The summed E-state index contributed by atoms with van der Waals surface area (Å²) >= 11 is 0. The van der Waals surface area contributed by atoms with E-state index in [1.54, 1.807) is 6.07 Å². The summed E-state index contributed by atoms with van der Waals surface area (Å²) in [5.74, 6) is -0.0724. The molecule has 0 unspecified atom stereocenters. The maximum Gasteiger partial charge on any atom is 0.340 e. The van der Waals surface area contributed by atoms with Gasteiger partial charge in [-0.05, 0) is 35.4 Å². The molecule has 0 bridgehead atoms. The van der Waals surface area contributed by atoms with Crippen LogP contribution in [0.25, 0.3) is 21.7 Å². The third-order valence-corrected chi connectivity index (χ3v) is 5.00. The topological polar surface area (TPSA) is 57.5 Å². The second-order valence-corrected chi connectivity index (χ2v) is 6.78. The van der Waals surface area contributed by atoms with Gasteiger partial charge in [-0.1, -0.05) is 55.5 Å². The van der Waals surface area contributed by atoms with Gasteiger partial charge in [-0.25, -0.2) is 4.79 Å². The molecule has 0 N–H and O–H groups in total. The molecule has 3 aromatic carbocycles. The average molecular weight is 387 g/mol. The van der Waals surface area contributed by atoms with E-state index < -0.39 is 12.1 Å². The molecule has 0 fully saturated rings. The van der Waals surface area contributed by atoms with Crippen LogP contribution in [0, 0.1) is 0 Å². The van der Waals surface area contributed by atoms with Crippen molar-refractivity contribution >= 4 is 33.6 Å². The third-order valence-electron chi connectivity index (χ3n) is 5.00. The minimum atomic E-state index is -0.683. The number of hydrogen-bond donors (Lipinski definition) is 0. The van der Waals surface area contributed by atoms with Gasteiger partial charge in [-0.3, -0.25) is 9.36 Å². The molecule has 5 nitrogen and oxygen atoms in total. The number of carbonyl (C=O) groups is 2. The van der Waals surface area contributed by atoms with Crippen LogP contribution in [0.15, 0.2) is 72.9 Å². The van der Waals surface area contributed by atoms with Crippen molar-refractivity contribution < 1.29 is 19.1 Å². The van der Waals surface area contributed by atoms with E-state index in [0.717, 1.165) is 10.8 Å². The summed E-state index contributed by atoms with van der Waals surface area (Å²) in [6, 6.07) is 21.0.